The van der Waals surface area contributed by atoms with Crippen LogP contribution in [0.4, 0.5) is 13.2 Å². The molecule has 2 unspecified atom stereocenters. The highest BCUT2D eigenvalue weighted by Gasteiger charge is 2.59. The Morgan fingerprint density at radius 1 is 1.29 bits per heavy atom. The van der Waals surface area contributed by atoms with Crippen molar-refractivity contribution in [3.8, 4) is 5.75 Å². The lowest BCUT2D eigenvalue weighted by molar-refractivity contribution is -0.250. The number of hydrogen-bond acceptors (Lipinski definition) is 3. The molecule has 132 valence electrons. The quantitative estimate of drug-likeness (QED) is 0.847. The van der Waals surface area contributed by atoms with Crippen molar-refractivity contribution in [2.75, 3.05) is 13.6 Å². The van der Waals surface area contributed by atoms with Crippen molar-refractivity contribution >= 4 is 11.6 Å². The average molecular weight is 362 g/mol. The first-order valence-electron chi connectivity index (χ1n) is 7.34. The van der Waals surface area contributed by atoms with Gasteiger partial charge in [0.05, 0.1) is 0 Å². The highest BCUT2D eigenvalue weighted by Crippen LogP contribution is 2.48. The summed E-state index contributed by atoms with van der Waals surface area (Å²) in [6.45, 7) is 3.47. The van der Waals surface area contributed by atoms with E-state index in [0.717, 1.165) is 6.07 Å². The van der Waals surface area contributed by atoms with Crippen molar-refractivity contribution in [1.82, 2.24) is 4.90 Å². The lowest BCUT2D eigenvalue weighted by Crippen LogP contribution is -2.51. The fourth-order valence-electron chi connectivity index (χ4n) is 2.98. The molecule has 7 heteroatoms. The molecule has 0 saturated carbocycles. The molecule has 2 N–H and O–H groups in total. The molecule has 0 spiro atoms. The van der Waals surface area contributed by atoms with Gasteiger partial charge >= 0.3 is 6.18 Å². The molecule has 3 nitrogen and oxygen atoms in total. The molecule has 0 aliphatic carbocycles. The Balaban J connectivity index is 2.60. The summed E-state index contributed by atoms with van der Waals surface area (Å²) in [5, 5.41) is 20.1. The van der Waals surface area contributed by atoms with Gasteiger partial charge in [-0.2, -0.15) is 13.2 Å². The summed E-state index contributed by atoms with van der Waals surface area (Å²) >= 11 is 5.99. The van der Waals surface area contributed by atoms with E-state index in [2.05, 4.69) is 0 Å². The lowest BCUT2D eigenvalue weighted by atomic mass is 9.76. The molecule has 1 aromatic carbocycles. The molecule has 1 aliphatic rings. The van der Waals surface area contributed by atoms with Gasteiger partial charge in [0, 0.05) is 36.3 Å². The van der Waals surface area contributed by atoms with Crippen LogP contribution in [0.5, 0.6) is 5.75 Å². The van der Waals surface area contributed by atoms with E-state index in [-0.39, 0.29) is 21.9 Å². The standard InChI is InChI=1S/C17H19ClF3NO2/c1-10-6-12(9-22(3)8-10)16(24,17(19,20)21)11(2)14-5-4-13(23)7-15(14)18/h4-7,9,11,23-24H,8H2,1-3H3. The van der Waals surface area contributed by atoms with Crippen LogP contribution in [0.25, 0.3) is 0 Å². The molecule has 0 radical (unpaired) electrons. The van der Waals surface area contributed by atoms with Crippen LogP contribution in [-0.2, 0) is 0 Å². The predicted octanol–water partition coefficient (Wildman–Crippen LogP) is 4.22. The summed E-state index contributed by atoms with van der Waals surface area (Å²) in [7, 11) is 1.64. The van der Waals surface area contributed by atoms with Crippen LogP contribution in [0.15, 0.2) is 41.6 Å². The third-order valence-corrected chi connectivity index (χ3v) is 4.54. The highest BCUT2D eigenvalue weighted by atomic mass is 35.5. The number of phenolic OH excluding ortho intramolecular Hbond substituents is 1. The topological polar surface area (TPSA) is 43.7 Å². The molecule has 0 bridgehead atoms. The van der Waals surface area contributed by atoms with Crippen LogP contribution in [0.1, 0.15) is 25.3 Å². The number of aromatic hydroxyl groups is 1. The summed E-state index contributed by atoms with van der Waals surface area (Å²) in [4.78, 5) is 1.59. The van der Waals surface area contributed by atoms with Crippen molar-refractivity contribution in [3.63, 3.8) is 0 Å². The van der Waals surface area contributed by atoms with Gasteiger partial charge in [-0.05, 0) is 24.6 Å². The zero-order valence-corrected chi connectivity index (χ0v) is 14.3. The fourth-order valence-corrected chi connectivity index (χ4v) is 3.32. The number of hydrogen-bond donors (Lipinski definition) is 2. The number of alkyl halides is 3. The largest absolute Gasteiger partial charge is 0.508 e. The zero-order valence-electron chi connectivity index (χ0n) is 13.5. The second-order valence-corrected chi connectivity index (χ2v) is 6.59. The number of halogens is 4. The first kappa shape index (κ1) is 18.7. The number of likely N-dealkylation sites (N-methyl/N-ethyl adjacent to an activating group) is 1. The molecule has 0 fully saturated rings. The maximum Gasteiger partial charge on any atom is 0.422 e. The Morgan fingerprint density at radius 3 is 2.42 bits per heavy atom. The van der Waals surface area contributed by atoms with Crippen LogP contribution in [0.3, 0.4) is 0 Å². The van der Waals surface area contributed by atoms with Gasteiger partial charge in [0.15, 0.2) is 5.60 Å². The van der Waals surface area contributed by atoms with E-state index < -0.39 is 17.7 Å². The van der Waals surface area contributed by atoms with Crippen molar-refractivity contribution < 1.29 is 23.4 Å². The summed E-state index contributed by atoms with van der Waals surface area (Å²) in [6.07, 6.45) is -2.25. The molecule has 24 heavy (non-hydrogen) atoms. The van der Waals surface area contributed by atoms with Gasteiger partial charge in [-0.25, -0.2) is 0 Å². The van der Waals surface area contributed by atoms with E-state index in [9.17, 15) is 23.4 Å². The Morgan fingerprint density at radius 2 is 1.92 bits per heavy atom. The third-order valence-electron chi connectivity index (χ3n) is 4.21. The summed E-state index contributed by atoms with van der Waals surface area (Å²) in [6, 6.07) is 3.70. The van der Waals surface area contributed by atoms with Gasteiger partial charge in [-0.15, -0.1) is 0 Å². The van der Waals surface area contributed by atoms with E-state index in [1.807, 2.05) is 0 Å². The molecule has 0 aromatic heterocycles. The summed E-state index contributed by atoms with van der Waals surface area (Å²) < 4.78 is 41.6. The highest BCUT2D eigenvalue weighted by molar-refractivity contribution is 6.31. The Kier molecular flexibility index (Phi) is 4.93. The molecule has 0 saturated heterocycles. The van der Waals surface area contributed by atoms with Crippen molar-refractivity contribution in [2.24, 2.45) is 0 Å². The van der Waals surface area contributed by atoms with Crippen molar-refractivity contribution in [2.45, 2.75) is 31.5 Å². The maximum absolute atomic E-state index is 13.9. The normalized spacial score (nSPS) is 19.4. The molecule has 2 atom stereocenters. The minimum Gasteiger partial charge on any atom is -0.508 e. The average Bonchev–Trinajstić information content (AvgIpc) is 2.43. The summed E-state index contributed by atoms with van der Waals surface area (Å²) in [5.74, 6) is -1.52. The Labute approximate surface area is 143 Å². The van der Waals surface area contributed by atoms with Gasteiger partial charge in [0.1, 0.15) is 5.75 Å². The Bertz CT molecular complexity index is 700. The number of phenols is 1. The second-order valence-electron chi connectivity index (χ2n) is 6.18. The first-order chi connectivity index (χ1) is 11.0. The lowest BCUT2D eigenvalue weighted by Gasteiger charge is -2.39. The minimum absolute atomic E-state index is 0.0318. The molecule has 1 aromatic rings. The number of benzene rings is 1. The van der Waals surface area contributed by atoms with Gasteiger partial charge in [0.25, 0.3) is 0 Å². The van der Waals surface area contributed by atoms with E-state index >= 15 is 0 Å². The smallest absolute Gasteiger partial charge is 0.422 e. The predicted molar refractivity (Wildman–Crippen MR) is 87.0 cm³/mol. The molecule has 1 heterocycles. The van der Waals surface area contributed by atoms with Gasteiger partial charge in [0.2, 0.25) is 0 Å². The third kappa shape index (κ3) is 3.26. The van der Waals surface area contributed by atoms with Crippen LogP contribution in [-0.4, -0.2) is 40.5 Å². The molecular formula is C17H19ClF3NO2. The van der Waals surface area contributed by atoms with Gasteiger partial charge < -0.3 is 15.1 Å². The van der Waals surface area contributed by atoms with Crippen molar-refractivity contribution in [3.05, 3.63) is 52.2 Å². The number of rotatable bonds is 3. The summed E-state index contributed by atoms with van der Waals surface area (Å²) in [5.41, 5.74) is -2.53. The number of aliphatic hydroxyl groups is 1. The van der Waals surface area contributed by atoms with E-state index in [1.54, 1.807) is 18.9 Å². The van der Waals surface area contributed by atoms with Crippen LogP contribution < -0.4 is 0 Å². The minimum atomic E-state index is -4.91. The molecule has 0 amide bonds. The molecule has 2 rings (SSSR count). The van der Waals surface area contributed by atoms with Crippen LogP contribution in [0.2, 0.25) is 5.02 Å². The van der Waals surface area contributed by atoms with E-state index in [0.29, 0.717) is 12.1 Å². The van der Waals surface area contributed by atoms with Crippen molar-refractivity contribution in [1.29, 1.82) is 0 Å². The second kappa shape index (κ2) is 6.33. The van der Waals surface area contributed by atoms with Crippen LogP contribution in [0, 0.1) is 0 Å². The first-order valence-corrected chi connectivity index (χ1v) is 7.72. The van der Waals surface area contributed by atoms with Gasteiger partial charge in [-0.3, -0.25) is 0 Å². The van der Waals surface area contributed by atoms with Gasteiger partial charge in [-0.1, -0.05) is 36.2 Å². The fraction of sp³-hybridized carbons (Fsp3) is 0.412. The number of nitrogens with zero attached hydrogens (tertiary/aromatic N) is 1. The zero-order chi connectivity index (χ0) is 18.3. The molecular weight excluding hydrogens is 343 g/mol. The SMILES string of the molecule is CC1=CC(C(O)(C(C)c2ccc(O)cc2Cl)C(F)(F)F)=CN(C)C1. The van der Waals surface area contributed by atoms with E-state index in [1.165, 1.54) is 31.3 Å². The monoisotopic (exact) mass is 361 g/mol. The van der Waals surface area contributed by atoms with E-state index in [4.69, 9.17) is 11.6 Å². The Hall–Kier alpha value is -1.66. The maximum atomic E-state index is 13.9. The molecule has 1 aliphatic heterocycles. The van der Waals surface area contributed by atoms with Crippen LogP contribution >= 0.6 is 11.6 Å².